The number of hydrogen-bond donors (Lipinski definition) is 2. The van der Waals surface area contributed by atoms with Crippen LogP contribution in [0.15, 0.2) is 48.6 Å². The zero-order valence-electron chi connectivity index (χ0n) is 59.2. The quantitative estimate of drug-likeness (QED) is 0.0264. The zero-order chi connectivity index (χ0) is 64.4. The van der Waals surface area contributed by atoms with Crippen LogP contribution in [-0.4, -0.2) is 49.3 Å². The van der Waals surface area contributed by atoms with Gasteiger partial charge in [-0.15, -0.1) is 0 Å². The molecule has 0 radical (unpaired) electrons. The molecule has 0 rings (SSSR count). The smallest absolute Gasteiger partial charge is 0.462 e. The Labute approximate surface area is 553 Å². The summed E-state index contributed by atoms with van der Waals surface area (Å²) in [5.41, 5.74) is 5.41. The van der Waals surface area contributed by atoms with Crippen molar-refractivity contribution >= 4 is 19.8 Å². The SMILES string of the molecule is CCCCCCC/C=C\C/C=C\C/C=C\CCCCCCCCCCCCCCCCCCCCC(=O)OC(COC(=O)CCCCCCCCCCCCCCCCCCCCCCCCC/C=C\CCCCCCCCCC)COP(=O)(O)OCCN. The van der Waals surface area contributed by atoms with Crippen molar-refractivity contribution in [2.24, 2.45) is 5.73 Å². The van der Waals surface area contributed by atoms with Crippen molar-refractivity contribution < 1.29 is 37.6 Å². The number of esters is 2. The van der Waals surface area contributed by atoms with E-state index in [2.05, 4.69) is 62.5 Å². The fourth-order valence-electron chi connectivity index (χ4n) is 11.9. The number of carbonyl (C=O) groups is 2. The van der Waals surface area contributed by atoms with Crippen molar-refractivity contribution in [3.63, 3.8) is 0 Å². The molecule has 0 aromatic rings. The van der Waals surface area contributed by atoms with Crippen LogP contribution in [-0.2, 0) is 32.7 Å². The Bertz CT molecular complexity index is 1600. The Morgan fingerprint density at radius 3 is 0.876 bits per heavy atom. The third-order valence-corrected chi connectivity index (χ3v) is 18.7. The van der Waals surface area contributed by atoms with Gasteiger partial charge in [0.1, 0.15) is 6.61 Å². The number of allylic oxidation sites excluding steroid dienone is 8. The fourth-order valence-corrected chi connectivity index (χ4v) is 12.6. The summed E-state index contributed by atoms with van der Waals surface area (Å²) in [7, 11) is -4.39. The Hall–Kier alpha value is -2.03. The van der Waals surface area contributed by atoms with E-state index in [1.807, 2.05) is 0 Å². The summed E-state index contributed by atoms with van der Waals surface area (Å²) in [4.78, 5) is 35.4. The topological polar surface area (TPSA) is 134 Å². The molecule has 0 heterocycles. The molecule has 10 heteroatoms. The van der Waals surface area contributed by atoms with Crippen LogP contribution in [0.5, 0.6) is 0 Å². The second-order valence-corrected chi connectivity index (χ2v) is 28.0. The second kappa shape index (κ2) is 75.0. The first kappa shape index (κ1) is 87.0. The molecule has 89 heavy (non-hydrogen) atoms. The normalized spacial score (nSPS) is 13.1. The summed E-state index contributed by atoms with van der Waals surface area (Å²) in [6.45, 7) is 3.81. The van der Waals surface area contributed by atoms with Gasteiger partial charge in [-0.25, -0.2) is 4.57 Å². The summed E-state index contributed by atoms with van der Waals surface area (Å²) in [5, 5.41) is 0. The predicted octanol–water partition coefficient (Wildman–Crippen LogP) is 26.0. The summed E-state index contributed by atoms with van der Waals surface area (Å²) in [6.07, 6.45) is 96.7. The van der Waals surface area contributed by atoms with Crippen molar-refractivity contribution in [2.75, 3.05) is 26.4 Å². The average molecular weight is 1270 g/mol. The maximum Gasteiger partial charge on any atom is 0.472 e. The third kappa shape index (κ3) is 74.9. The van der Waals surface area contributed by atoms with Crippen molar-refractivity contribution in [3.8, 4) is 0 Å². The van der Waals surface area contributed by atoms with Gasteiger partial charge in [0.15, 0.2) is 6.10 Å². The molecule has 3 N–H and O–H groups in total. The first-order valence-corrected chi connectivity index (χ1v) is 40.6. The van der Waals surface area contributed by atoms with Gasteiger partial charge < -0.3 is 20.1 Å². The van der Waals surface area contributed by atoms with E-state index in [4.69, 9.17) is 24.3 Å². The molecule has 0 saturated heterocycles. The van der Waals surface area contributed by atoms with Gasteiger partial charge in [-0.3, -0.25) is 18.6 Å². The van der Waals surface area contributed by atoms with E-state index in [1.165, 1.54) is 334 Å². The van der Waals surface area contributed by atoms with Crippen LogP contribution in [0, 0.1) is 0 Å². The molecular weight excluding hydrogens is 1120 g/mol. The lowest BCUT2D eigenvalue weighted by atomic mass is 10.0. The van der Waals surface area contributed by atoms with Crippen molar-refractivity contribution in [2.45, 2.75) is 418 Å². The van der Waals surface area contributed by atoms with Gasteiger partial charge in [0.05, 0.1) is 13.2 Å². The highest BCUT2D eigenvalue weighted by atomic mass is 31.2. The first-order valence-electron chi connectivity index (χ1n) is 39.1. The van der Waals surface area contributed by atoms with Gasteiger partial charge in [0, 0.05) is 19.4 Å². The summed E-state index contributed by atoms with van der Waals surface area (Å²) in [6, 6.07) is 0. The van der Waals surface area contributed by atoms with Gasteiger partial charge in [-0.1, -0.05) is 371 Å². The molecule has 0 aliphatic heterocycles. The van der Waals surface area contributed by atoms with E-state index >= 15 is 0 Å². The lowest BCUT2D eigenvalue weighted by molar-refractivity contribution is -0.161. The highest BCUT2D eigenvalue weighted by molar-refractivity contribution is 7.47. The Morgan fingerprint density at radius 1 is 0.337 bits per heavy atom. The zero-order valence-corrected chi connectivity index (χ0v) is 60.1. The summed E-state index contributed by atoms with van der Waals surface area (Å²) >= 11 is 0. The van der Waals surface area contributed by atoms with Gasteiger partial charge >= 0.3 is 19.8 Å². The molecule has 2 unspecified atom stereocenters. The molecule has 0 aromatic heterocycles. The number of phosphoric acid groups is 1. The molecule has 9 nitrogen and oxygen atoms in total. The summed E-state index contributed by atoms with van der Waals surface area (Å²) < 4.78 is 33.3. The van der Waals surface area contributed by atoms with Crippen LogP contribution in [0.4, 0.5) is 0 Å². The molecule has 0 aliphatic carbocycles. The standard InChI is InChI=1S/C79H150NO8P/c1-3-5-7-9-11-13-15-17-19-21-23-25-27-29-31-33-35-37-38-40-41-43-45-47-49-51-53-55-57-59-61-63-65-67-69-71-78(81)85-75-77(76-87-89(83,84)86-74-73-80)88-79(82)72-70-68-66-64-62-60-58-56-54-52-50-48-46-44-42-39-36-34-32-30-28-26-24-22-20-18-16-14-12-10-8-6-4-2/h16,18,21-24,28,30,77H,3-15,17,19-20,25-27,29,31-76,80H2,1-2H3,(H,83,84)/b18-16-,23-21-,24-22-,30-28-. The monoisotopic (exact) mass is 1270 g/mol. The van der Waals surface area contributed by atoms with Gasteiger partial charge in [-0.2, -0.15) is 0 Å². The molecular formula is C79H150NO8P. The van der Waals surface area contributed by atoms with Gasteiger partial charge in [0.25, 0.3) is 0 Å². The van der Waals surface area contributed by atoms with Crippen LogP contribution in [0.2, 0.25) is 0 Å². The molecule has 0 aliphatic rings. The van der Waals surface area contributed by atoms with E-state index in [1.54, 1.807) is 0 Å². The molecule has 524 valence electrons. The number of carbonyl (C=O) groups excluding carboxylic acids is 2. The fraction of sp³-hybridized carbons (Fsp3) is 0.873. The van der Waals surface area contributed by atoms with Crippen LogP contribution >= 0.6 is 7.82 Å². The predicted molar refractivity (Wildman–Crippen MR) is 386 cm³/mol. The Balaban J connectivity index is 3.77. The maximum absolute atomic E-state index is 12.8. The van der Waals surface area contributed by atoms with Crippen LogP contribution < -0.4 is 5.73 Å². The van der Waals surface area contributed by atoms with Crippen molar-refractivity contribution in [3.05, 3.63) is 48.6 Å². The molecule has 0 saturated carbocycles. The van der Waals surface area contributed by atoms with Gasteiger partial charge in [0.2, 0.25) is 0 Å². The molecule has 0 bridgehead atoms. The molecule has 0 aromatic carbocycles. The minimum Gasteiger partial charge on any atom is -0.462 e. The number of unbranched alkanes of at least 4 members (excludes halogenated alkanes) is 54. The minimum absolute atomic E-state index is 0.0555. The largest absolute Gasteiger partial charge is 0.472 e. The average Bonchev–Trinajstić information content (AvgIpc) is 3.58. The van der Waals surface area contributed by atoms with E-state index in [0.29, 0.717) is 6.42 Å². The number of nitrogens with two attached hydrogens (primary N) is 1. The number of ether oxygens (including phenoxy) is 2. The van der Waals surface area contributed by atoms with E-state index < -0.39 is 26.5 Å². The van der Waals surface area contributed by atoms with E-state index in [9.17, 15) is 19.0 Å². The van der Waals surface area contributed by atoms with Crippen LogP contribution in [0.25, 0.3) is 0 Å². The highest BCUT2D eigenvalue weighted by Gasteiger charge is 2.26. The third-order valence-electron chi connectivity index (χ3n) is 17.7. The lowest BCUT2D eigenvalue weighted by Crippen LogP contribution is -2.29. The van der Waals surface area contributed by atoms with E-state index in [-0.39, 0.29) is 38.6 Å². The maximum atomic E-state index is 12.8. The lowest BCUT2D eigenvalue weighted by Gasteiger charge is -2.19. The molecule has 2 atom stereocenters. The van der Waals surface area contributed by atoms with Gasteiger partial charge in [-0.05, 0) is 77.0 Å². The van der Waals surface area contributed by atoms with Crippen molar-refractivity contribution in [1.82, 2.24) is 0 Å². The number of phosphoric ester groups is 1. The van der Waals surface area contributed by atoms with Crippen LogP contribution in [0.1, 0.15) is 412 Å². The molecule has 0 amide bonds. The number of hydrogen-bond acceptors (Lipinski definition) is 8. The Morgan fingerprint density at radius 2 is 0.584 bits per heavy atom. The first-order chi connectivity index (χ1) is 43.8. The summed E-state index contributed by atoms with van der Waals surface area (Å²) in [5.74, 6) is -0.804. The molecule has 0 fully saturated rings. The second-order valence-electron chi connectivity index (χ2n) is 26.6. The Kier molecular flexibility index (Phi) is 73.3. The minimum atomic E-state index is -4.39. The molecule has 0 spiro atoms. The highest BCUT2D eigenvalue weighted by Crippen LogP contribution is 2.43. The number of rotatable bonds is 75. The van der Waals surface area contributed by atoms with Crippen LogP contribution in [0.3, 0.4) is 0 Å². The van der Waals surface area contributed by atoms with Crippen molar-refractivity contribution in [1.29, 1.82) is 0 Å². The van der Waals surface area contributed by atoms with E-state index in [0.717, 1.165) is 44.9 Å².